The van der Waals surface area contributed by atoms with Crippen LogP contribution in [0.4, 0.5) is 4.79 Å². The van der Waals surface area contributed by atoms with Crippen molar-refractivity contribution in [2.75, 3.05) is 0 Å². The van der Waals surface area contributed by atoms with E-state index in [9.17, 15) is 19.7 Å². The van der Waals surface area contributed by atoms with Crippen LogP contribution in [-0.2, 0) is 14.3 Å². The van der Waals surface area contributed by atoms with Gasteiger partial charge in [-0.15, -0.1) is 0 Å². The molecule has 1 amide bonds. The lowest BCUT2D eigenvalue weighted by Crippen LogP contribution is -2.62. The Hall–Kier alpha value is -1.86. The highest BCUT2D eigenvalue weighted by molar-refractivity contribution is 5.81. The molecule has 0 aliphatic carbocycles. The summed E-state index contributed by atoms with van der Waals surface area (Å²) in [5.41, 5.74) is -3.78. The molecule has 0 aromatic heterocycles. The van der Waals surface area contributed by atoms with Crippen molar-refractivity contribution < 1.29 is 24.0 Å². The number of nitrogens with zero attached hydrogens (tertiary/aromatic N) is 1. The van der Waals surface area contributed by atoms with Crippen LogP contribution in [0.25, 0.3) is 0 Å². The maximum absolute atomic E-state index is 12.6. The maximum Gasteiger partial charge on any atom is 0.408 e. The second-order valence-electron chi connectivity index (χ2n) is 8.73. The van der Waals surface area contributed by atoms with Gasteiger partial charge in [0.1, 0.15) is 17.2 Å². The van der Waals surface area contributed by atoms with Gasteiger partial charge in [-0.05, 0) is 53.9 Å². The van der Waals surface area contributed by atoms with Gasteiger partial charge in [-0.25, -0.2) is 9.59 Å². The molecule has 25 heavy (non-hydrogen) atoms. The molecule has 0 rings (SSSR count). The molecule has 0 bridgehead atoms. The minimum absolute atomic E-state index is 0.00153. The lowest BCUT2D eigenvalue weighted by Gasteiger charge is -2.32. The quantitative estimate of drug-likeness (QED) is 0.442. The van der Waals surface area contributed by atoms with Crippen molar-refractivity contribution in [1.29, 1.82) is 0 Å². The number of hydrogen-bond acceptors (Lipinski definition) is 6. The Bertz CT molecular complexity index is 504. The summed E-state index contributed by atoms with van der Waals surface area (Å²) in [4.78, 5) is 35.7. The number of amides is 1. The average molecular weight is 360 g/mol. The summed E-state index contributed by atoms with van der Waals surface area (Å²) in [6, 6.07) is -1.08. The molecule has 1 unspecified atom stereocenters. The molecule has 0 aromatic rings. The SMILES string of the molecule is CC(C)CC(NC(=O)OC(C)(C)C)[C@](C)(C(=O)OC(C)(C)C)[N+](=O)[O-]. The van der Waals surface area contributed by atoms with Crippen LogP contribution in [-0.4, -0.2) is 39.8 Å². The van der Waals surface area contributed by atoms with Crippen LogP contribution < -0.4 is 5.32 Å². The molecule has 0 saturated carbocycles. The van der Waals surface area contributed by atoms with E-state index in [1.807, 2.05) is 13.8 Å². The Labute approximate surface area is 149 Å². The zero-order chi connectivity index (χ0) is 20.2. The van der Waals surface area contributed by atoms with Crippen molar-refractivity contribution in [3.63, 3.8) is 0 Å². The lowest BCUT2D eigenvalue weighted by atomic mass is 9.86. The largest absolute Gasteiger partial charge is 0.455 e. The summed E-state index contributed by atoms with van der Waals surface area (Å²) in [5, 5.41) is 14.2. The second kappa shape index (κ2) is 8.01. The molecule has 0 aliphatic heterocycles. The molecule has 0 heterocycles. The minimum Gasteiger partial charge on any atom is -0.455 e. The Morgan fingerprint density at radius 2 is 1.44 bits per heavy atom. The number of carbonyl (C=O) groups is 2. The molecule has 0 fully saturated rings. The molecule has 0 radical (unpaired) electrons. The number of nitrogens with one attached hydrogen (secondary N) is 1. The van der Waals surface area contributed by atoms with Gasteiger partial charge in [0, 0.05) is 11.8 Å². The smallest absolute Gasteiger partial charge is 0.408 e. The summed E-state index contributed by atoms with van der Waals surface area (Å²) in [7, 11) is 0. The standard InChI is InChI=1S/C17H32N2O6/c1-11(2)10-12(18-14(21)25-16(6,7)8)17(9,19(22)23)13(20)24-15(3,4)5/h11-12H,10H2,1-9H3,(H,18,21)/t12?,17-/m1/s1. The van der Waals surface area contributed by atoms with Gasteiger partial charge in [0.05, 0.1) is 0 Å². The Morgan fingerprint density at radius 3 is 1.76 bits per heavy atom. The zero-order valence-corrected chi connectivity index (χ0v) is 16.8. The van der Waals surface area contributed by atoms with Crippen molar-refractivity contribution in [3.05, 3.63) is 10.1 Å². The van der Waals surface area contributed by atoms with Crippen molar-refractivity contribution in [3.8, 4) is 0 Å². The molecule has 8 nitrogen and oxygen atoms in total. The number of rotatable bonds is 6. The first-order valence-corrected chi connectivity index (χ1v) is 8.36. The van der Waals surface area contributed by atoms with E-state index in [0.717, 1.165) is 0 Å². The Kier molecular flexibility index (Phi) is 7.42. The van der Waals surface area contributed by atoms with Gasteiger partial charge < -0.3 is 14.8 Å². The fraction of sp³-hybridized carbons (Fsp3) is 0.882. The molecule has 0 aromatic carbocycles. The Balaban J connectivity index is 5.70. The zero-order valence-electron chi connectivity index (χ0n) is 16.8. The monoisotopic (exact) mass is 360 g/mol. The maximum atomic E-state index is 12.6. The van der Waals surface area contributed by atoms with Crippen LogP contribution in [0.3, 0.4) is 0 Å². The highest BCUT2D eigenvalue weighted by Gasteiger charge is 2.56. The first-order valence-electron chi connectivity index (χ1n) is 8.36. The molecule has 0 aliphatic rings. The third-order valence-electron chi connectivity index (χ3n) is 3.27. The fourth-order valence-electron chi connectivity index (χ4n) is 2.08. The van der Waals surface area contributed by atoms with Gasteiger partial charge in [-0.2, -0.15) is 0 Å². The molecule has 1 N–H and O–H groups in total. The molecular formula is C17H32N2O6. The predicted molar refractivity (Wildman–Crippen MR) is 93.9 cm³/mol. The van der Waals surface area contributed by atoms with Crippen LogP contribution in [0.5, 0.6) is 0 Å². The molecule has 146 valence electrons. The normalized spacial score (nSPS) is 15.9. The van der Waals surface area contributed by atoms with Crippen LogP contribution in [0.1, 0.15) is 68.7 Å². The summed E-state index contributed by atoms with van der Waals surface area (Å²) in [5.74, 6) is -0.992. The van der Waals surface area contributed by atoms with Gasteiger partial charge in [0.15, 0.2) is 0 Å². The fourth-order valence-corrected chi connectivity index (χ4v) is 2.08. The van der Waals surface area contributed by atoms with E-state index >= 15 is 0 Å². The van der Waals surface area contributed by atoms with Crippen molar-refractivity contribution >= 4 is 12.1 Å². The average Bonchev–Trinajstić information content (AvgIpc) is 2.31. The molecule has 0 spiro atoms. The van der Waals surface area contributed by atoms with E-state index in [1.165, 1.54) is 6.92 Å². The van der Waals surface area contributed by atoms with Gasteiger partial charge >= 0.3 is 17.6 Å². The van der Waals surface area contributed by atoms with Crippen molar-refractivity contribution in [2.24, 2.45) is 5.92 Å². The van der Waals surface area contributed by atoms with Crippen LogP contribution >= 0.6 is 0 Å². The van der Waals surface area contributed by atoms with E-state index < -0.39 is 39.8 Å². The number of hydrogen-bond donors (Lipinski definition) is 1. The Morgan fingerprint density at radius 1 is 1.00 bits per heavy atom. The molecule has 2 atom stereocenters. The molecule has 0 saturated heterocycles. The number of nitro groups is 1. The summed E-state index contributed by atoms with van der Waals surface area (Å²) >= 11 is 0. The van der Waals surface area contributed by atoms with Crippen LogP contribution in [0.2, 0.25) is 0 Å². The number of ether oxygens (including phenoxy) is 2. The number of esters is 1. The van der Waals surface area contributed by atoms with Gasteiger partial charge in [0.2, 0.25) is 0 Å². The van der Waals surface area contributed by atoms with Gasteiger partial charge in [0.25, 0.3) is 0 Å². The van der Waals surface area contributed by atoms with E-state index in [-0.39, 0.29) is 12.3 Å². The summed E-state index contributed by atoms with van der Waals surface area (Å²) < 4.78 is 10.4. The van der Waals surface area contributed by atoms with Crippen LogP contribution in [0, 0.1) is 16.0 Å². The van der Waals surface area contributed by atoms with E-state index in [0.29, 0.717) is 0 Å². The van der Waals surface area contributed by atoms with Gasteiger partial charge in [-0.3, -0.25) is 10.1 Å². The van der Waals surface area contributed by atoms with E-state index in [4.69, 9.17) is 9.47 Å². The number of alkyl carbamates (subject to hydrolysis) is 1. The third-order valence-corrected chi connectivity index (χ3v) is 3.27. The van der Waals surface area contributed by atoms with E-state index in [1.54, 1.807) is 41.5 Å². The first-order chi connectivity index (χ1) is 11.0. The first kappa shape index (κ1) is 23.1. The number of carbonyl (C=O) groups excluding carboxylic acids is 2. The highest BCUT2D eigenvalue weighted by atomic mass is 16.6. The molecular weight excluding hydrogens is 328 g/mol. The summed E-state index contributed by atoms with van der Waals surface area (Å²) in [6.45, 7) is 14.8. The topological polar surface area (TPSA) is 108 Å². The van der Waals surface area contributed by atoms with Crippen molar-refractivity contribution in [1.82, 2.24) is 5.32 Å². The highest BCUT2D eigenvalue weighted by Crippen LogP contribution is 2.25. The summed E-state index contributed by atoms with van der Waals surface area (Å²) in [6.07, 6.45) is -0.592. The predicted octanol–water partition coefficient (Wildman–Crippen LogP) is 3.30. The third kappa shape index (κ3) is 7.70. The van der Waals surface area contributed by atoms with Crippen LogP contribution in [0.15, 0.2) is 0 Å². The lowest BCUT2D eigenvalue weighted by molar-refractivity contribution is -0.556. The van der Waals surface area contributed by atoms with Gasteiger partial charge in [-0.1, -0.05) is 13.8 Å². The minimum atomic E-state index is -2.13. The van der Waals surface area contributed by atoms with Crippen molar-refractivity contribution in [2.45, 2.75) is 91.5 Å². The second-order valence-corrected chi connectivity index (χ2v) is 8.73. The molecule has 8 heteroatoms. The van der Waals surface area contributed by atoms with E-state index in [2.05, 4.69) is 5.32 Å².